The van der Waals surface area contributed by atoms with E-state index in [1.807, 2.05) is 0 Å². The van der Waals surface area contributed by atoms with Crippen LogP contribution in [0.4, 0.5) is 10.5 Å². The summed E-state index contributed by atoms with van der Waals surface area (Å²) in [7, 11) is -3.70. The van der Waals surface area contributed by atoms with E-state index < -0.39 is 40.0 Å². The van der Waals surface area contributed by atoms with Gasteiger partial charge in [-0.25, -0.2) is 13.2 Å². The van der Waals surface area contributed by atoms with Gasteiger partial charge in [0, 0.05) is 18.8 Å². The van der Waals surface area contributed by atoms with Crippen LogP contribution in [0.3, 0.4) is 0 Å². The first kappa shape index (κ1) is 25.0. The molecule has 0 unspecified atom stereocenters. The Balaban J connectivity index is 1.28. The van der Waals surface area contributed by atoms with Gasteiger partial charge >= 0.3 is 6.03 Å². The molecule has 2 N–H and O–H groups in total. The van der Waals surface area contributed by atoms with Crippen LogP contribution >= 0.6 is 0 Å². The van der Waals surface area contributed by atoms with Gasteiger partial charge < -0.3 is 20.1 Å². The molecule has 2 fully saturated rings. The number of carbonyl (C=O) groups is 3. The van der Waals surface area contributed by atoms with E-state index in [0.29, 0.717) is 30.2 Å². The summed E-state index contributed by atoms with van der Waals surface area (Å²) < 4.78 is 38.4. The van der Waals surface area contributed by atoms with Crippen molar-refractivity contribution in [2.45, 2.75) is 43.0 Å². The fourth-order valence-electron chi connectivity index (χ4n) is 4.75. The van der Waals surface area contributed by atoms with E-state index in [2.05, 4.69) is 10.6 Å². The van der Waals surface area contributed by atoms with Gasteiger partial charge in [0.15, 0.2) is 11.5 Å². The molecule has 2 aromatic rings. The maximum Gasteiger partial charge on any atom is 0.325 e. The monoisotopic (exact) mass is 528 g/mol. The average Bonchev–Trinajstić information content (AvgIpc) is 3.28. The first-order valence-corrected chi connectivity index (χ1v) is 13.6. The standard InChI is InChI=1S/C25H28N4O7S/c1-25(17-9-10-20-21(13-17)36-16-35-20)23(31)29(24(32)27-25)15-22(30)26-18-7-6-8-19(14-18)37(33,34)28-11-4-2-3-5-12-28/h6-10,13-14H,2-5,11-12,15-16H2,1H3,(H,26,30)(H,27,32)/t25-/m1/s1. The number of ether oxygens (including phenoxy) is 2. The molecule has 0 bridgehead atoms. The molecule has 196 valence electrons. The number of sulfonamides is 1. The molecular formula is C25H28N4O7S. The van der Waals surface area contributed by atoms with Gasteiger partial charge in [-0.3, -0.25) is 14.5 Å². The minimum absolute atomic E-state index is 0.0721. The van der Waals surface area contributed by atoms with Crippen molar-refractivity contribution < 1.29 is 32.3 Å². The third-order valence-corrected chi connectivity index (χ3v) is 8.74. The van der Waals surface area contributed by atoms with Gasteiger partial charge in [0.2, 0.25) is 22.7 Å². The van der Waals surface area contributed by atoms with Crippen LogP contribution in [-0.2, 0) is 25.2 Å². The lowest BCUT2D eigenvalue weighted by Gasteiger charge is -2.22. The molecule has 3 aliphatic rings. The van der Waals surface area contributed by atoms with E-state index in [0.717, 1.165) is 30.6 Å². The van der Waals surface area contributed by atoms with Crippen LogP contribution < -0.4 is 20.1 Å². The highest BCUT2D eigenvalue weighted by molar-refractivity contribution is 7.89. The Morgan fingerprint density at radius 2 is 1.76 bits per heavy atom. The Hall–Kier alpha value is -3.64. The topological polar surface area (TPSA) is 134 Å². The number of nitrogens with one attached hydrogen (secondary N) is 2. The predicted octanol–water partition coefficient (Wildman–Crippen LogP) is 2.39. The summed E-state index contributed by atoms with van der Waals surface area (Å²) in [6.07, 6.45) is 3.62. The molecule has 0 aromatic heterocycles. The fourth-order valence-corrected chi connectivity index (χ4v) is 6.32. The van der Waals surface area contributed by atoms with Crippen LogP contribution in [0.2, 0.25) is 0 Å². The van der Waals surface area contributed by atoms with Crippen molar-refractivity contribution in [2.75, 3.05) is 31.7 Å². The Labute approximate surface area is 214 Å². The minimum atomic E-state index is -3.70. The van der Waals surface area contributed by atoms with Crippen molar-refractivity contribution in [1.82, 2.24) is 14.5 Å². The van der Waals surface area contributed by atoms with E-state index in [-0.39, 0.29) is 17.4 Å². The lowest BCUT2D eigenvalue weighted by molar-refractivity contribution is -0.133. The van der Waals surface area contributed by atoms with Crippen molar-refractivity contribution in [3.8, 4) is 11.5 Å². The average molecular weight is 529 g/mol. The van der Waals surface area contributed by atoms with E-state index in [4.69, 9.17) is 9.47 Å². The Morgan fingerprint density at radius 1 is 1.03 bits per heavy atom. The van der Waals surface area contributed by atoms with E-state index >= 15 is 0 Å². The number of hydrogen-bond donors (Lipinski definition) is 2. The number of anilines is 1. The number of hydrogen-bond acceptors (Lipinski definition) is 7. The number of fused-ring (bicyclic) bond motifs is 1. The smallest absolute Gasteiger partial charge is 0.325 e. The first-order valence-electron chi connectivity index (χ1n) is 12.1. The molecule has 37 heavy (non-hydrogen) atoms. The first-order chi connectivity index (χ1) is 17.7. The van der Waals surface area contributed by atoms with E-state index in [1.165, 1.54) is 16.4 Å². The van der Waals surface area contributed by atoms with Gasteiger partial charge in [-0.05, 0) is 55.7 Å². The van der Waals surface area contributed by atoms with Gasteiger partial charge in [-0.1, -0.05) is 25.0 Å². The highest BCUT2D eigenvalue weighted by Crippen LogP contribution is 2.37. The molecule has 0 radical (unpaired) electrons. The summed E-state index contributed by atoms with van der Waals surface area (Å²) in [5, 5.41) is 5.26. The summed E-state index contributed by atoms with van der Waals surface area (Å²) in [5.41, 5.74) is -0.643. The largest absolute Gasteiger partial charge is 0.454 e. The van der Waals surface area contributed by atoms with Crippen LogP contribution in [0.25, 0.3) is 0 Å². The number of nitrogens with zero attached hydrogens (tertiary/aromatic N) is 2. The van der Waals surface area contributed by atoms with Gasteiger partial charge in [0.05, 0.1) is 4.90 Å². The molecule has 4 amide bonds. The SMILES string of the molecule is C[C@]1(c2ccc3c(c2)OCO3)NC(=O)N(CC(=O)Nc2cccc(S(=O)(=O)N3CCCCCC3)c2)C1=O. The maximum atomic E-state index is 13.2. The molecule has 1 atom stereocenters. The maximum absolute atomic E-state index is 13.2. The molecule has 11 nitrogen and oxygen atoms in total. The zero-order valence-corrected chi connectivity index (χ0v) is 21.2. The summed E-state index contributed by atoms with van der Waals surface area (Å²) in [5.74, 6) is -0.223. The van der Waals surface area contributed by atoms with Crippen LogP contribution in [0.5, 0.6) is 11.5 Å². The lowest BCUT2D eigenvalue weighted by Crippen LogP contribution is -2.42. The Morgan fingerprint density at radius 3 is 2.51 bits per heavy atom. The molecule has 3 aliphatic heterocycles. The number of carbonyl (C=O) groups excluding carboxylic acids is 3. The zero-order valence-electron chi connectivity index (χ0n) is 20.4. The number of amides is 4. The van der Waals surface area contributed by atoms with Crippen LogP contribution in [0.1, 0.15) is 38.2 Å². The predicted molar refractivity (Wildman–Crippen MR) is 132 cm³/mol. The molecule has 2 aromatic carbocycles. The quantitative estimate of drug-likeness (QED) is 0.550. The van der Waals surface area contributed by atoms with E-state index in [9.17, 15) is 22.8 Å². The normalized spacial score (nSPS) is 22.0. The van der Waals surface area contributed by atoms with Crippen molar-refractivity contribution in [1.29, 1.82) is 0 Å². The molecule has 5 rings (SSSR count). The Kier molecular flexibility index (Phi) is 6.54. The fraction of sp³-hybridized carbons (Fsp3) is 0.400. The number of imide groups is 1. The molecule has 0 spiro atoms. The third-order valence-electron chi connectivity index (χ3n) is 6.85. The number of benzene rings is 2. The van der Waals surface area contributed by atoms with Gasteiger partial charge in [-0.15, -0.1) is 0 Å². The van der Waals surface area contributed by atoms with Gasteiger partial charge in [-0.2, -0.15) is 4.31 Å². The summed E-state index contributed by atoms with van der Waals surface area (Å²) >= 11 is 0. The van der Waals surface area contributed by atoms with E-state index in [1.54, 1.807) is 37.3 Å². The molecular weight excluding hydrogens is 500 g/mol. The molecule has 2 saturated heterocycles. The van der Waals surface area contributed by atoms with Crippen molar-refractivity contribution in [3.63, 3.8) is 0 Å². The van der Waals surface area contributed by atoms with Crippen molar-refractivity contribution >= 4 is 33.6 Å². The van der Waals surface area contributed by atoms with Crippen molar-refractivity contribution in [3.05, 3.63) is 48.0 Å². The van der Waals surface area contributed by atoms with Crippen LogP contribution in [-0.4, -0.2) is 61.9 Å². The Bertz CT molecular complexity index is 1350. The summed E-state index contributed by atoms with van der Waals surface area (Å²) in [4.78, 5) is 39.6. The summed E-state index contributed by atoms with van der Waals surface area (Å²) in [6, 6.07) is 10.2. The van der Waals surface area contributed by atoms with Crippen LogP contribution in [0, 0.1) is 0 Å². The number of rotatable bonds is 6. The second-order valence-electron chi connectivity index (χ2n) is 9.41. The molecule has 0 saturated carbocycles. The van der Waals surface area contributed by atoms with Crippen LogP contribution in [0.15, 0.2) is 47.4 Å². The van der Waals surface area contributed by atoms with Gasteiger partial charge in [0.25, 0.3) is 5.91 Å². The second kappa shape index (κ2) is 9.67. The summed E-state index contributed by atoms with van der Waals surface area (Å²) in [6.45, 7) is 2.02. The molecule has 3 heterocycles. The molecule has 0 aliphatic carbocycles. The molecule has 12 heteroatoms. The highest BCUT2D eigenvalue weighted by Gasteiger charge is 2.50. The third kappa shape index (κ3) is 4.74. The number of urea groups is 1. The second-order valence-corrected chi connectivity index (χ2v) is 11.3. The highest BCUT2D eigenvalue weighted by atomic mass is 32.2. The minimum Gasteiger partial charge on any atom is -0.454 e. The van der Waals surface area contributed by atoms with Crippen molar-refractivity contribution in [2.24, 2.45) is 0 Å². The van der Waals surface area contributed by atoms with Gasteiger partial charge in [0.1, 0.15) is 12.1 Å². The zero-order chi connectivity index (χ0) is 26.2. The lowest BCUT2D eigenvalue weighted by atomic mass is 9.91.